The van der Waals surface area contributed by atoms with E-state index in [1.54, 1.807) is 12.1 Å². The molecule has 0 amide bonds. The number of nitro groups is 1. The predicted octanol–water partition coefficient (Wildman–Crippen LogP) is 2.28. The van der Waals surface area contributed by atoms with Gasteiger partial charge < -0.3 is 10.1 Å². The molecule has 0 fully saturated rings. The number of methoxy groups -OCH3 is 1. The van der Waals surface area contributed by atoms with E-state index >= 15 is 0 Å². The van der Waals surface area contributed by atoms with Crippen LogP contribution in [0.3, 0.4) is 0 Å². The Morgan fingerprint density at radius 1 is 1.38 bits per heavy atom. The fourth-order valence-corrected chi connectivity index (χ4v) is 1.80. The highest BCUT2D eigenvalue weighted by Crippen LogP contribution is 2.33. The Hall–Kier alpha value is -2.77. The normalized spacial score (nSPS) is 10.2. The van der Waals surface area contributed by atoms with Crippen LogP contribution in [0.25, 0.3) is 11.3 Å². The van der Waals surface area contributed by atoms with Crippen molar-refractivity contribution in [1.29, 1.82) is 0 Å². The van der Waals surface area contributed by atoms with Crippen LogP contribution in [-0.2, 0) is 0 Å². The van der Waals surface area contributed by atoms with Gasteiger partial charge >= 0.3 is 5.69 Å². The summed E-state index contributed by atoms with van der Waals surface area (Å²) in [6, 6.07) is 3.24. The van der Waals surface area contributed by atoms with Crippen molar-refractivity contribution in [1.82, 2.24) is 15.0 Å². The van der Waals surface area contributed by atoms with Crippen molar-refractivity contribution in [3.8, 4) is 17.1 Å². The molecule has 0 aliphatic carbocycles. The Morgan fingerprint density at radius 2 is 2.19 bits per heavy atom. The topological polar surface area (TPSA) is 103 Å². The van der Waals surface area contributed by atoms with E-state index in [-0.39, 0.29) is 17.2 Å². The number of rotatable bonds is 6. The largest absolute Gasteiger partial charge is 0.481 e. The number of pyridine rings is 1. The number of hydrogen-bond donors (Lipinski definition) is 1. The first kappa shape index (κ1) is 14.6. The molecule has 1 N–H and O–H groups in total. The highest BCUT2D eigenvalue weighted by molar-refractivity contribution is 5.76. The minimum Gasteiger partial charge on any atom is -0.481 e. The standard InChI is InChI=1S/C13H15N5O3/c1-3-5-15-13-12(18(19)20)11(16-8-17-13)9-4-6-14-10(7-9)21-2/h4,6-8H,3,5H2,1-2H3,(H,15,16,17). The maximum Gasteiger partial charge on any atom is 0.337 e. The molecule has 110 valence electrons. The van der Waals surface area contributed by atoms with Crippen LogP contribution < -0.4 is 10.1 Å². The van der Waals surface area contributed by atoms with Crippen LogP contribution in [0.2, 0.25) is 0 Å². The second-order valence-corrected chi connectivity index (χ2v) is 4.19. The minimum atomic E-state index is -0.486. The SMILES string of the molecule is CCCNc1ncnc(-c2ccnc(OC)c2)c1[N+](=O)[O-]. The van der Waals surface area contributed by atoms with Crippen molar-refractivity contribution >= 4 is 11.5 Å². The molecular formula is C13H15N5O3. The second kappa shape index (κ2) is 6.60. The fraction of sp³-hybridized carbons (Fsp3) is 0.308. The third-order valence-corrected chi connectivity index (χ3v) is 2.76. The molecule has 0 radical (unpaired) electrons. The molecule has 2 rings (SSSR count). The molecule has 8 nitrogen and oxygen atoms in total. The summed E-state index contributed by atoms with van der Waals surface area (Å²) in [5, 5.41) is 14.3. The first-order chi connectivity index (χ1) is 10.2. The van der Waals surface area contributed by atoms with E-state index in [1.807, 2.05) is 6.92 Å². The van der Waals surface area contributed by atoms with Gasteiger partial charge in [0, 0.05) is 24.4 Å². The van der Waals surface area contributed by atoms with Crippen LogP contribution in [0.1, 0.15) is 13.3 Å². The zero-order valence-corrected chi connectivity index (χ0v) is 11.7. The molecule has 0 saturated carbocycles. The summed E-state index contributed by atoms with van der Waals surface area (Å²) in [6.07, 6.45) is 3.64. The van der Waals surface area contributed by atoms with Crippen LogP contribution in [0.5, 0.6) is 5.88 Å². The third-order valence-electron chi connectivity index (χ3n) is 2.76. The molecule has 0 unspecified atom stereocenters. The lowest BCUT2D eigenvalue weighted by molar-refractivity contribution is -0.383. The molecular weight excluding hydrogens is 274 g/mol. The number of aromatic nitrogens is 3. The van der Waals surface area contributed by atoms with E-state index in [9.17, 15) is 10.1 Å². The summed E-state index contributed by atoms with van der Waals surface area (Å²) >= 11 is 0. The van der Waals surface area contributed by atoms with Gasteiger partial charge in [-0.1, -0.05) is 6.92 Å². The van der Waals surface area contributed by atoms with Crippen LogP contribution in [0, 0.1) is 10.1 Å². The lowest BCUT2D eigenvalue weighted by Gasteiger charge is -2.08. The Labute approximate surface area is 121 Å². The summed E-state index contributed by atoms with van der Waals surface area (Å²) in [6.45, 7) is 2.56. The van der Waals surface area contributed by atoms with E-state index in [0.29, 0.717) is 18.0 Å². The number of nitrogens with one attached hydrogen (secondary N) is 1. The average Bonchev–Trinajstić information content (AvgIpc) is 2.52. The predicted molar refractivity (Wildman–Crippen MR) is 77.3 cm³/mol. The molecule has 0 atom stereocenters. The molecule has 2 aromatic heterocycles. The van der Waals surface area contributed by atoms with E-state index in [1.165, 1.54) is 19.6 Å². The zero-order valence-electron chi connectivity index (χ0n) is 11.7. The Balaban J connectivity index is 2.54. The van der Waals surface area contributed by atoms with Gasteiger partial charge in [0.2, 0.25) is 11.7 Å². The van der Waals surface area contributed by atoms with E-state index in [4.69, 9.17) is 4.74 Å². The van der Waals surface area contributed by atoms with Gasteiger partial charge in [0.05, 0.1) is 12.0 Å². The molecule has 21 heavy (non-hydrogen) atoms. The third kappa shape index (κ3) is 3.22. The summed E-state index contributed by atoms with van der Waals surface area (Å²) in [4.78, 5) is 22.9. The number of hydrogen-bond acceptors (Lipinski definition) is 7. The van der Waals surface area contributed by atoms with Crippen molar-refractivity contribution in [3.05, 3.63) is 34.8 Å². The number of ether oxygens (including phenoxy) is 1. The molecule has 8 heteroatoms. The van der Waals surface area contributed by atoms with E-state index < -0.39 is 4.92 Å². The maximum atomic E-state index is 11.4. The van der Waals surface area contributed by atoms with Gasteiger partial charge in [0.15, 0.2) is 5.69 Å². The highest BCUT2D eigenvalue weighted by Gasteiger charge is 2.24. The van der Waals surface area contributed by atoms with Gasteiger partial charge in [-0.3, -0.25) is 10.1 Å². The van der Waals surface area contributed by atoms with Gasteiger partial charge in [-0.25, -0.2) is 15.0 Å². The molecule has 2 heterocycles. The molecule has 0 saturated heterocycles. The Morgan fingerprint density at radius 3 is 2.86 bits per heavy atom. The van der Waals surface area contributed by atoms with Crippen molar-refractivity contribution in [2.24, 2.45) is 0 Å². The van der Waals surface area contributed by atoms with Crippen molar-refractivity contribution in [3.63, 3.8) is 0 Å². The fourth-order valence-electron chi connectivity index (χ4n) is 1.80. The molecule has 0 bridgehead atoms. The van der Waals surface area contributed by atoms with Gasteiger partial charge in [-0.05, 0) is 12.5 Å². The monoisotopic (exact) mass is 289 g/mol. The average molecular weight is 289 g/mol. The lowest BCUT2D eigenvalue weighted by atomic mass is 10.1. The van der Waals surface area contributed by atoms with Crippen LogP contribution in [-0.4, -0.2) is 33.5 Å². The minimum absolute atomic E-state index is 0.154. The van der Waals surface area contributed by atoms with Crippen LogP contribution in [0.15, 0.2) is 24.7 Å². The summed E-state index contributed by atoms with van der Waals surface area (Å²) in [5.41, 5.74) is 0.629. The quantitative estimate of drug-likeness (QED) is 0.642. The smallest absolute Gasteiger partial charge is 0.337 e. The summed E-state index contributed by atoms with van der Waals surface area (Å²) < 4.78 is 5.03. The van der Waals surface area contributed by atoms with Gasteiger partial charge in [-0.15, -0.1) is 0 Å². The summed E-state index contributed by atoms with van der Waals surface area (Å²) in [5.74, 6) is 0.575. The maximum absolute atomic E-state index is 11.4. The van der Waals surface area contributed by atoms with Crippen LogP contribution in [0.4, 0.5) is 11.5 Å². The van der Waals surface area contributed by atoms with Crippen LogP contribution >= 0.6 is 0 Å². The number of nitrogens with zero attached hydrogens (tertiary/aromatic N) is 4. The molecule has 0 aromatic carbocycles. The first-order valence-corrected chi connectivity index (χ1v) is 6.41. The van der Waals surface area contributed by atoms with Gasteiger partial charge in [0.25, 0.3) is 0 Å². The Kier molecular flexibility index (Phi) is 4.60. The van der Waals surface area contributed by atoms with Crippen molar-refractivity contribution in [2.45, 2.75) is 13.3 Å². The number of anilines is 1. The Bertz CT molecular complexity index is 647. The highest BCUT2D eigenvalue weighted by atomic mass is 16.6. The molecule has 0 aliphatic rings. The summed E-state index contributed by atoms with van der Waals surface area (Å²) in [7, 11) is 1.48. The lowest BCUT2D eigenvalue weighted by Crippen LogP contribution is -2.07. The second-order valence-electron chi connectivity index (χ2n) is 4.19. The van der Waals surface area contributed by atoms with Crippen molar-refractivity contribution in [2.75, 3.05) is 19.0 Å². The van der Waals surface area contributed by atoms with Gasteiger partial charge in [-0.2, -0.15) is 0 Å². The zero-order chi connectivity index (χ0) is 15.2. The molecule has 0 spiro atoms. The van der Waals surface area contributed by atoms with Crippen molar-refractivity contribution < 1.29 is 9.66 Å². The van der Waals surface area contributed by atoms with Gasteiger partial charge in [0.1, 0.15) is 6.33 Å². The van der Waals surface area contributed by atoms with E-state index in [2.05, 4.69) is 20.3 Å². The van der Waals surface area contributed by atoms with E-state index in [0.717, 1.165) is 6.42 Å². The molecule has 0 aliphatic heterocycles. The first-order valence-electron chi connectivity index (χ1n) is 6.41. The molecule has 2 aromatic rings.